The third-order valence-corrected chi connectivity index (χ3v) is 5.03. The van der Waals surface area contributed by atoms with Crippen molar-refractivity contribution in [1.82, 2.24) is 9.97 Å². The van der Waals surface area contributed by atoms with Gasteiger partial charge in [0, 0.05) is 18.9 Å². The van der Waals surface area contributed by atoms with Crippen LogP contribution in [-0.4, -0.2) is 36.2 Å². The van der Waals surface area contributed by atoms with Crippen LogP contribution in [0, 0.1) is 21.4 Å². The summed E-state index contributed by atoms with van der Waals surface area (Å²) < 4.78 is 35.3. The molecule has 1 heterocycles. The highest BCUT2D eigenvalue weighted by molar-refractivity contribution is 7.90. The van der Waals surface area contributed by atoms with Crippen molar-refractivity contribution in [3.63, 3.8) is 0 Å². The first-order valence-corrected chi connectivity index (χ1v) is 11.5. The second-order valence-electron chi connectivity index (χ2n) is 6.72. The number of ether oxygens (including phenoxy) is 2. The molecule has 0 radical (unpaired) electrons. The molecule has 0 unspecified atom stereocenters. The van der Waals surface area contributed by atoms with Gasteiger partial charge in [0.05, 0.1) is 23.2 Å². The van der Waals surface area contributed by atoms with E-state index in [0.717, 1.165) is 11.8 Å². The summed E-state index contributed by atoms with van der Waals surface area (Å²) in [5.41, 5.74) is 0.314. The fraction of sp³-hybridized carbons (Fsp3) is 0.190. The molecule has 12 heteroatoms. The molecule has 0 bridgehead atoms. The summed E-state index contributed by atoms with van der Waals surface area (Å²) in [6.45, 7) is 2.20. The van der Waals surface area contributed by atoms with Crippen molar-refractivity contribution in [1.29, 1.82) is 5.26 Å². The molecule has 2 aromatic carbocycles. The summed E-state index contributed by atoms with van der Waals surface area (Å²) in [7, 11) is -3.94. The minimum atomic E-state index is -3.94. The molecule has 0 amide bonds. The lowest BCUT2D eigenvalue weighted by Crippen LogP contribution is -2.12. The minimum Gasteiger partial charge on any atom is -0.494 e. The molecule has 0 saturated carbocycles. The standard InChI is InChI=1S/C21H19N5O6S/c1-3-31-16-9-15(12-22)10-17(11-16)32-20-18(26(27)28)19(24-21(25-20)33(2,29)30)23-13-14-7-5-4-6-8-14/h4-11H,3,13H2,1-2H3,(H,23,24,25). The second kappa shape index (κ2) is 9.92. The number of hydrogen-bond acceptors (Lipinski definition) is 10. The van der Waals surface area contributed by atoms with Gasteiger partial charge in [-0.2, -0.15) is 15.2 Å². The van der Waals surface area contributed by atoms with Crippen LogP contribution in [0.1, 0.15) is 18.1 Å². The topological polar surface area (TPSA) is 157 Å². The summed E-state index contributed by atoms with van der Waals surface area (Å²) >= 11 is 0. The van der Waals surface area contributed by atoms with Gasteiger partial charge in [0.25, 0.3) is 5.16 Å². The maximum atomic E-state index is 12.1. The quantitative estimate of drug-likeness (QED) is 0.279. The van der Waals surface area contributed by atoms with Crippen LogP contribution < -0.4 is 14.8 Å². The lowest BCUT2D eigenvalue weighted by Gasteiger charge is -2.12. The van der Waals surface area contributed by atoms with Crippen molar-refractivity contribution in [3.8, 4) is 23.4 Å². The van der Waals surface area contributed by atoms with Crippen molar-refractivity contribution < 1.29 is 22.8 Å². The molecule has 1 aromatic heterocycles. The van der Waals surface area contributed by atoms with Crippen LogP contribution in [0.4, 0.5) is 11.5 Å². The average molecular weight is 469 g/mol. The van der Waals surface area contributed by atoms with Crippen molar-refractivity contribution in [2.45, 2.75) is 18.6 Å². The highest BCUT2D eigenvalue weighted by atomic mass is 32.2. The Bertz CT molecular complexity index is 1320. The van der Waals surface area contributed by atoms with Crippen molar-refractivity contribution >= 4 is 21.3 Å². The molecule has 0 aliphatic carbocycles. The number of sulfone groups is 1. The molecule has 170 valence electrons. The summed E-state index contributed by atoms with van der Waals surface area (Å²) in [6.07, 6.45) is 0.877. The van der Waals surface area contributed by atoms with E-state index in [2.05, 4.69) is 15.3 Å². The van der Waals surface area contributed by atoms with Gasteiger partial charge < -0.3 is 14.8 Å². The van der Waals surface area contributed by atoms with Gasteiger partial charge in [0.15, 0.2) is 0 Å². The van der Waals surface area contributed by atoms with Gasteiger partial charge in [-0.3, -0.25) is 10.1 Å². The van der Waals surface area contributed by atoms with E-state index in [4.69, 9.17) is 9.47 Å². The largest absolute Gasteiger partial charge is 0.494 e. The predicted molar refractivity (Wildman–Crippen MR) is 118 cm³/mol. The maximum absolute atomic E-state index is 12.1. The van der Waals surface area contributed by atoms with E-state index in [-0.39, 0.29) is 23.7 Å². The number of aromatic nitrogens is 2. The normalized spacial score (nSPS) is 10.8. The molecular weight excluding hydrogens is 450 g/mol. The number of nitriles is 1. The number of benzene rings is 2. The summed E-state index contributed by atoms with van der Waals surface area (Å²) in [4.78, 5) is 18.7. The van der Waals surface area contributed by atoms with Gasteiger partial charge >= 0.3 is 11.6 Å². The van der Waals surface area contributed by atoms with Crippen LogP contribution in [0.2, 0.25) is 0 Å². The SMILES string of the molecule is CCOc1cc(C#N)cc(Oc2nc(S(C)(=O)=O)nc(NCc3ccccc3)c2[N+](=O)[O-])c1. The summed E-state index contributed by atoms with van der Waals surface area (Å²) in [5.74, 6) is -0.610. The predicted octanol–water partition coefficient (Wildman–Crippen LogP) is 3.46. The van der Waals surface area contributed by atoms with Crippen LogP contribution in [0.3, 0.4) is 0 Å². The van der Waals surface area contributed by atoms with Crippen molar-refractivity contribution in [2.75, 3.05) is 18.2 Å². The van der Waals surface area contributed by atoms with Crippen LogP contribution >= 0.6 is 0 Å². The van der Waals surface area contributed by atoms with Gasteiger partial charge in [-0.05, 0) is 24.6 Å². The molecule has 11 nitrogen and oxygen atoms in total. The third kappa shape index (κ3) is 5.92. The number of rotatable bonds is 9. The lowest BCUT2D eigenvalue weighted by atomic mass is 10.2. The van der Waals surface area contributed by atoms with E-state index in [0.29, 0.717) is 12.4 Å². The zero-order valence-electron chi connectivity index (χ0n) is 17.7. The molecule has 0 saturated heterocycles. The van der Waals surface area contributed by atoms with Crippen molar-refractivity contribution in [3.05, 3.63) is 69.8 Å². The molecular formula is C21H19N5O6S. The fourth-order valence-electron chi connectivity index (χ4n) is 2.78. The molecule has 3 rings (SSSR count). The molecule has 1 N–H and O–H groups in total. The van der Waals surface area contributed by atoms with E-state index in [1.54, 1.807) is 31.2 Å². The first-order valence-electron chi connectivity index (χ1n) is 9.61. The smallest absolute Gasteiger partial charge is 0.373 e. The third-order valence-electron chi connectivity index (χ3n) is 4.18. The van der Waals surface area contributed by atoms with E-state index < -0.39 is 31.5 Å². The zero-order valence-corrected chi connectivity index (χ0v) is 18.5. The van der Waals surface area contributed by atoms with Gasteiger partial charge in [-0.15, -0.1) is 0 Å². The number of hydrogen-bond donors (Lipinski definition) is 1. The highest BCUT2D eigenvalue weighted by Crippen LogP contribution is 2.37. The van der Waals surface area contributed by atoms with E-state index >= 15 is 0 Å². The molecule has 0 spiro atoms. The first kappa shape index (κ1) is 23.4. The Hall–Kier alpha value is -4.24. The van der Waals surface area contributed by atoms with Crippen LogP contribution in [0.25, 0.3) is 0 Å². The minimum absolute atomic E-state index is 0.00719. The zero-order chi connectivity index (χ0) is 24.0. The first-order chi connectivity index (χ1) is 15.7. The van der Waals surface area contributed by atoms with Crippen LogP contribution in [-0.2, 0) is 16.4 Å². The van der Waals surface area contributed by atoms with Crippen LogP contribution in [0.15, 0.2) is 53.7 Å². The Morgan fingerprint density at radius 1 is 1.15 bits per heavy atom. The molecule has 0 aliphatic rings. The monoisotopic (exact) mass is 469 g/mol. The average Bonchev–Trinajstić information content (AvgIpc) is 2.77. The number of nitro groups is 1. The Morgan fingerprint density at radius 3 is 2.45 bits per heavy atom. The Kier molecular flexibility index (Phi) is 7.04. The number of nitrogens with zero attached hydrogens (tertiary/aromatic N) is 4. The lowest BCUT2D eigenvalue weighted by molar-refractivity contribution is -0.385. The van der Waals surface area contributed by atoms with Gasteiger partial charge in [0.2, 0.25) is 15.7 Å². The Morgan fingerprint density at radius 2 is 1.85 bits per heavy atom. The summed E-state index contributed by atoms with van der Waals surface area (Å²) in [6, 6.07) is 15.1. The highest BCUT2D eigenvalue weighted by Gasteiger charge is 2.30. The second-order valence-corrected chi connectivity index (χ2v) is 8.63. The maximum Gasteiger partial charge on any atom is 0.373 e. The van der Waals surface area contributed by atoms with Crippen molar-refractivity contribution in [2.24, 2.45) is 0 Å². The fourth-order valence-corrected chi connectivity index (χ4v) is 3.28. The number of anilines is 1. The van der Waals surface area contributed by atoms with E-state index in [1.165, 1.54) is 18.2 Å². The van der Waals surface area contributed by atoms with E-state index in [9.17, 15) is 23.8 Å². The molecule has 0 aliphatic heterocycles. The molecule has 3 aromatic rings. The van der Waals surface area contributed by atoms with Crippen LogP contribution in [0.5, 0.6) is 17.4 Å². The van der Waals surface area contributed by atoms with E-state index in [1.807, 2.05) is 12.1 Å². The Balaban J connectivity index is 2.10. The Labute approximate surface area is 189 Å². The van der Waals surface area contributed by atoms with Gasteiger partial charge in [0.1, 0.15) is 11.5 Å². The molecule has 33 heavy (non-hydrogen) atoms. The summed E-state index contributed by atoms with van der Waals surface area (Å²) in [5, 5.41) is 23.3. The number of nitrogens with one attached hydrogen (secondary N) is 1. The van der Waals surface area contributed by atoms with Gasteiger partial charge in [-0.25, -0.2) is 8.42 Å². The van der Waals surface area contributed by atoms with Gasteiger partial charge in [-0.1, -0.05) is 30.3 Å². The molecule has 0 atom stereocenters. The molecule has 0 fully saturated rings.